The Bertz CT molecular complexity index is 812. The number of ether oxygens (including phenoxy) is 2. The quantitative estimate of drug-likeness (QED) is 0.558. The number of rotatable bonds is 7. The Balaban J connectivity index is 2.10. The number of carbonyl (C=O) groups is 1. The predicted molar refractivity (Wildman–Crippen MR) is 92.6 cm³/mol. The fourth-order valence-corrected chi connectivity index (χ4v) is 2.40. The van der Waals surface area contributed by atoms with Gasteiger partial charge in [0.15, 0.2) is 11.9 Å². The van der Waals surface area contributed by atoms with E-state index in [9.17, 15) is 19.3 Å². The summed E-state index contributed by atoms with van der Waals surface area (Å²) in [6.07, 6.45) is -0.958. The van der Waals surface area contributed by atoms with Crippen LogP contribution in [-0.2, 0) is 11.3 Å². The van der Waals surface area contributed by atoms with E-state index in [0.29, 0.717) is 11.3 Å². The number of carbonyl (C=O) groups excluding carboxylic acids is 1. The van der Waals surface area contributed by atoms with Gasteiger partial charge >= 0.3 is 5.69 Å². The van der Waals surface area contributed by atoms with Crippen LogP contribution < -0.4 is 9.47 Å². The number of methoxy groups -OCH3 is 1. The molecule has 7 nitrogen and oxygen atoms in total. The Morgan fingerprint density at radius 2 is 2.04 bits per heavy atom. The average Bonchev–Trinajstić information content (AvgIpc) is 2.61. The third-order valence-corrected chi connectivity index (χ3v) is 3.70. The second-order valence-corrected chi connectivity index (χ2v) is 5.68. The Kier molecular flexibility index (Phi) is 6.11. The summed E-state index contributed by atoms with van der Waals surface area (Å²) >= 11 is 0. The summed E-state index contributed by atoms with van der Waals surface area (Å²) in [4.78, 5) is 24.4. The van der Waals surface area contributed by atoms with E-state index in [1.165, 1.54) is 49.3 Å². The maximum absolute atomic E-state index is 13.2. The van der Waals surface area contributed by atoms with E-state index in [-0.39, 0.29) is 29.7 Å². The third-order valence-electron chi connectivity index (χ3n) is 3.70. The molecule has 2 aromatic carbocycles. The molecule has 0 aromatic heterocycles. The number of hydrogen-bond donors (Lipinski definition) is 0. The molecule has 2 aromatic rings. The van der Waals surface area contributed by atoms with Crippen molar-refractivity contribution in [2.45, 2.75) is 19.6 Å². The highest BCUT2D eigenvalue weighted by molar-refractivity contribution is 5.80. The molecule has 0 N–H and O–H groups in total. The minimum Gasteiger partial charge on any atom is -0.496 e. The molecular formula is C18H19FN2O5. The van der Waals surface area contributed by atoms with Crippen molar-refractivity contribution in [3.05, 3.63) is 64.0 Å². The molecular weight excluding hydrogens is 343 g/mol. The number of benzene rings is 2. The van der Waals surface area contributed by atoms with E-state index in [0.717, 1.165) is 0 Å². The van der Waals surface area contributed by atoms with E-state index in [2.05, 4.69) is 0 Å². The summed E-state index contributed by atoms with van der Waals surface area (Å²) in [5.74, 6) is -0.497. The van der Waals surface area contributed by atoms with Gasteiger partial charge in [0.2, 0.25) is 0 Å². The largest absolute Gasteiger partial charge is 0.496 e. The van der Waals surface area contributed by atoms with Crippen LogP contribution in [0.5, 0.6) is 11.5 Å². The number of nitro benzene ring substituents is 1. The van der Waals surface area contributed by atoms with Gasteiger partial charge in [-0.15, -0.1) is 0 Å². The van der Waals surface area contributed by atoms with Gasteiger partial charge in [-0.2, -0.15) is 0 Å². The smallest absolute Gasteiger partial charge is 0.314 e. The first-order chi connectivity index (χ1) is 12.3. The number of nitro groups is 1. The van der Waals surface area contributed by atoms with Crippen molar-refractivity contribution in [3.8, 4) is 11.5 Å². The van der Waals surface area contributed by atoms with Gasteiger partial charge in [-0.05, 0) is 36.8 Å². The standard InChI is InChI=1S/C18H19FN2O5/c1-12(18(22)20(2)11-13-5-4-6-14(19)9-13)26-17-8-7-15(25-3)10-16(17)21(23)24/h4-10,12H,11H2,1-3H3/t12-/m1/s1. The van der Waals surface area contributed by atoms with E-state index in [4.69, 9.17) is 9.47 Å². The van der Waals surface area contributed by atoms with E-state index in [1.54, 1.807) is 19.2 Å². The minimum atomic E-state index is -0.958. The van der Waals surface area contributed by atoms with Crippen molar-refractivity contribution in [2.75, 3.05) is 14.2 Å². The van der Waals surface area contributed by atoms with Gasteiger partial charge in [-0.25, -0.2) is 4.39 Å². The highest BCUT2D eigenvalue weighted by Gasteiger charge is 2.24. The zero-order valence-electron chi connectivity index (χ0n) is 14.6. The lowest BCUT2D eigenvalue weighted by molar-refractivity contribution is -0.386. The molecule has 0 saturated heterocycles. The number of amides is 1. The molecule has 0 aliphatic rings. The summed E-state index contributed by atoms with van der Waals surface area (Å²) in [7, 11) is 2.95. The average molecular weight is 362 g/mol. The normalized spacial score (nSPS) is 11.5. The summed E-state index contributed by atoms with van der Waals surface area (Å²) in [6, 6.07) is 10.0. The molecule has 0 fully saturated rings. The van der Waals surface area contributed by atoms with Crippen LogP contribution in [0, 0.1) is 15.9 Å². The highest BCUT2D eigenvalue weighted by atomic mass is 19.1. The van der Waals surface area contributed by atoms with Crippen LogP contribution in [0.3, 0.4) is 0 Å². The third kappa shape index (κ3) is 4.69. The van der Waals surface area contributed by atoms with Gasteiger partial charge in [0, 0.05) is 13.6 Å². The molecule has 0 bridgehead atoms. The first-order valence-electron chi connectivity index (χ1n) is 7.80. The molecule has 0 radical (unpaired) electrons. The lowest BCUT2D eigenvalue weighted by Gasteiger charge is -2.22. The van der Waals surface area contributed by atoms with Gasteiger partial charge in [0.1, 0.15) is 11.6 Å². The van der Waals surface area contributed by atoms with Crippen molar-refractivity contribution >= 4 is 11.6 Å². The molecule has 8 heteroatoms. The predicted octanol–water partition coefficient (Wildman–Crippen LogP) is 3.17. The molecule has 0 saturated carbocycles. The van der Waals surface area contributed by atoms with Gasteiger partial charge in [0.05, 0.1) is 18.1 Å². The van der Waals surface area contributed by atoms with Crippen LogP contribution in [0.1, 0.15) is 12.5 Å². The Hall–Kier alpha value is -3.16. The number of hydrogen-bond acceptors (Lipinski definition) is 5. The van der Waals surface area contributed by atoms with E-state index < -0.39 is 11.0 Å². The Labute approximate surface area is 150 Å². The Morgan fingerprint density at radius 1 is 1.31 bits per heavy atom. The zero-order valence-corrected chi connectivity index (χ0v) is 14.6. The van der Waals surface area contributed by atoms with Crippen molar-refractivity contribution in [1.29, 1.82) is 0 Å². The summed E-state index contributed by atoms with van der Waals surface area (Å²) in [5.41, 5.74) is 0.334. The molecule has 0 aliphatic heterocycles. The van der Waals surface area contributed by atoms with Crippen LogP contribution in [0.2, 0.25) is 0 Å². The molecule has 0 heterocycles. The second-order valence-electron chi connectivity index (χ2n) is 5.68. The molecule has 1 amide bonds. The van der Waals surface area contributed by atoms with Crippen LogP contribution in [0.25, 0.3) is 0 Å². The van der Waals surface area contributed by atoms with E-state index >= 15 is 0 Å². The van der Waals surface area contributed by atoms with Crippen LogP contribution in [-0.4, -0.2) is 36.0 Å². The SMILES string of the molecule is COc1ccc(O[C@H](C)C(=O)N(C)Cc2cccc(F)c2)c([N+](=O)[O-])c1. The first kappa shape index (κ1) is 19.2. The van der Waals surface area contributed by atoms with Gasteiger partial charge < -0.3 is 14.4 Å². The van der Waals surface area contributed by atoms with Crippen LogP contribution in [0.15, 0.2) is 42.5 Å². The van der Waals surface area contributed by atoms with Crippen molar-refractivity contribution < 1.29 is 23.6 Å². The fraction of sp³-hybridized carbons (Fsp3) is 0.278. The Morgan fingerprint density at radius 3 is 2.65 bits per heavy atom. The number of halogens is 1. The van der Waals surface area contributed by atoms with Gasteiger partial charge in [-0.1, -0.05) is 12.1 Å². The molecule has 2 rings (SSSR count). The molecule has 0 spiro atoms. The summed E-state index contributed by atoms with van der Waals surface area (Å²) < 4.78 is 23.7. The summed E-state index contributed by atoms with van der Waals surface area (Å²) in [5, 5.41) is 11.2. The lowest BCUT2D eigenvalue weighted by Crippen LogP contribution is -2.37. The topological polar surface area (TPSA) is 81.9 Å². The van der Waals surface area contributed by atoms with Gasteiger partial charge in [0.25, 0.3) is 5.91 Å². The van der Waals surface area contributed by atoms with Crippen molar-refractivity contribution in [2.24, 2.45) is 0 Å². The fourth-order valence-electron chi connectivity index (χ4n) is 2.40. The zero-order chi connectivity index (χ0) is 19.3. The van der Waals surface area contributed by atoms with Gasteiger partial charge in [-0.3, -0.25) is 14.9 Å². The number of nitrogens with zero attached hydrogens (tertiary/aromatic N) is 2. The first-order valence-corrected chi connectivity index (χ1v) is 7.80. The molecule has 138 valence electrons. The highest BCUT2D eigenvalue weighted by Crippen LogP contribution is 2.31. The second kappa shape index (κ2) is 8.28. The van der Waals surface area contributed by atoms with Crippen LogP contribution >= 0.6 is 0 Å². The minimum absolute atomic E-state index is 0.0317. The molecule has 0 unspecified atom stereocenters. The van der Waals surface area contributed by atoms with E-state index in [1.807, 2.05) is 0 Å². The van der Waals surface area contributed by atoms with Crippen molar-refractivity contribution in [1.82, 2.24) is 4.90 Å². The summed E-state index contributed by atoms with van der Waals surface area (Å²) in [6.45, 7) is 1.69. The monoisotopic (exact) mass is 362 g/mol. The maximum atomic E-state index is 13.2. The number of likely N-dealkylation sites (N-methyl/N-ethyl adjacent to an activating group) is 1. The maximum Gasteiger partial charge on any atom is 0.314 e. The van der Waals surface area contributed by atoms with Crippen LogP contribution in [0.4, 0.5) is 10.1 Å². The molecule has 0 aliphatic carbocycles. The molecule has 1 atom stereocenters. The molecule has 26 heavy (non-hydrogen) atoms. The van der Waals surface area contributed by atoms with Crippen molar-refractivity contribution in [3.63, 3.8) is 0 Å². The lowest BCUT2D eigenvalue weighted by atomic mass is 10.2.